The summed E-state index contributed by atoms with van der Waals surface area (Å²) in [5.41, 5.74) is 2.27. The smallest absolute Gasteiger partial charge is 0.183 e. The molecule has 0 radical (unpaired) electrons. The first-order chi connectivity index (χ1) is 12.6. The summed E-state index contributed by atoms with van der Waals surface area (Å²) < 4.78 is 14.1. The molecule has 0 atom stereocenters. The van der Waals surface area contributed by atoms with Gasteiger partial charge in [-0.2, -0.15) is 0 Å². The SMILES string of the molecule is Fc1cnc(-c2c[nH]c3ncc(Cl)cc23)nc1NCc1cccc(Cl)c1. The molecule has 3 heterocycles. The maximum Gasteiger partial charge on any atom is 0.183 e. The van der Waals surface area contributed by atoms with E-state index in [1.807, 2.05) is 18.2 Å². The highest BCUT2D eigenvalue weighted by Gasteiger charge is 2.13. The van der Waals surface area contributed by atoms with Crippen molar-refractivity contribution in [3.05, 3.63) is 70.3 Å². The molecule has 0 aliphatic carbocycles. The maximum atomic E-state index is 14.1. The Labute approximate surface area is 158 Å². The molecule has 0 spiro atoms. The van der Waals surface area contributed by atoms with Crippen molar-refractivity contribution in [2.75, 3.05) is 5.32 Å². The van der Waals surface area contributed by atoms with Gasteiger partial charge < -0.3 is 10.3 Å². The van der Waals surface area contributed by atoms with Crippen LogP contribution in [0.3, 0.4) is 0 Å². The van der Waals surface area contributed by atoms with Gasteiger partial charge in [0.1, 0.15) is 5.65 Å². The summed E-state index contributed by atoms with van der Waals surface area (Å²) in [5, 5.41) is 4.87. The summed E-state index contributed by atoms with van der Waals surface area (Å²) in [5.74, 6) is -0.0543. The Morgan fingerprint density at radius 1 is 1.08 bits per heavy atom. The molecule has 0 amide bonds. The lowest BCUT2D eigenvalue weighted by molar-refractivity contribution is 0.617. The van der Waals surface area contributed by atoms with Crippen molar-refractivity contribution < 1.29 is 4.39 Å². The van der Waals surface area contributed by atoms with E-state index in [2.05, 4.69) is 25.3 Å². The zero-order valence-electron chi connectivity index (χ0n) is 13.3. The summed E-state index contributed by atoms with van der Waals surface area (Å²) in [6.07, 6.45) is 4.41. The summed E-state index contributed by atoms with van der Waals surface area (Å²) in [6, 6.07) is 9.09. The van der Waals surface area contributed by atoms with Gasteiger partial charge in [-0.1, -0.05) is 35.3 Å². The second kappa shape index (κ2) is 6.90. The zero-order chi connectivity index (χ0) is 18.1. The molecule has 8 heteroatoms. The number of rotatable bonds is 4. The number of hydrogen-bond acceptors (Lipinski definition) is 4. The van der Waals surface area contributed by atoms with Crippen molar-refractivity contribution >= 4 is 40.1 Å². The predicted molar refractivity (Wildman–Crippen MR) is 101 cm³/mol. The molecule has 26 heavy (non-hydrogen) atoms. The summed E-state index contributed by atoms with van der Waals surface area (Å²) in [4.78, 5) is 15.6. The van der Waals surface area contributed by atoms with E-state index in [-0.39, 0.29) is 5.82 Å². The molecule has 130 valence electrons. The fraction of sp³-hybridized carbons (Fsp3) is 0.0556. The average Bonchev–Trinajstić information content (AvgIpc) is 3.04. The third kappa shape index (κ3) is 3.34. The van der Waals surface area contributed by atoms with E-state index < -0.39 is 5.82 Å². The van der Waals surface area contributed by atoms with Gasteiger partial charge in [-0.05, 0) is 23.8 Å². The van der Waals surface area contributed by atoms with E-state index in [0.29, 0.717) is 33.6 Å². The number of aromatic amines is 1. The largest absolute Gasteiger partial charge is 0.363 e. The minimum Gasteiger partial charge on any atom is -0.363 e. The molecule has 4 rings (SSSR count). The number of fused-ring (bicyclic) bond motifs is 1. The third-order valence-corrected chi connectivity index (χ3v) is 4.27. The molecule has 4 aromatic rings. The van der Waals surface area contributed by atoms with Crippen LogP contribution >= 0.6 is 23.2 Å². The number of benzene rings is 1. The van der Waals surface area contributed by atoms with Gasteiger partial charge in [0.15, 0.2) is 17.5 Å². The maximum absolute atomic E-state index is 14.1. The molecule has 5 nitrogen and oxygen atoms in total. The minimum absolute atomic E-state index is 0.110. The third-order valence-electron chi connectivity index (χ3n) is 3.83. The van der Waals surface area contributed by atoms with Crippen LogP contribution in [0.2, 0.25) is 10.0 Å². The highest BCUT2D eigenvalue weighted by Crippen LogP contribution is 2.28. The number of nitrogens with one attached hydrogen (secondary N) is 2. The molecule has 1 aromatic carbocycles. The Hall–Kier alpha value is -2.70. The van der Waals surface area contributed by atoms with Gasteiger partial charge in [0, 0.05) is 34.9 Å². The Bertz CT molecular complexity index is 1100. The van der Waals surface area contributed by atoms with E-state index in [4.69, 9.17) is 23.2 Å². The van der Waals surface area contributed by atoms with Crippen LogP contribution < -0.4 is 5.32 Å². The number of aromatic nitrogens is 4. The molecule has 0 aliphatic heterocycles. The molecular weight excluding hydrogens is 376 g/mol. The van der Waals surface area contributed by atoms with Gasteiger partial charge in [-0.15, -0.1) is 0 Å². The highest BCUT2D eigenvalue weighted by atomic mass is 35.5. The van der Waals surface area contributed by atoms with Crippen molar-refractivity contribution in [2.45, 2.75) is 6.54 Å². The van der Waals surface area contributed by atoms with Crippen molar-refractivity contribution in [1.29, 1.82) is 0 Å². The normalized spacial score (nSPS) is 11.0. The van der Waals surface area contributed by atoms with E-state index in [1.54, 1.807) is 24.5 Å². The monoisotopic (exact) mass is 387 g/mol. The molecule has 0 fully saturated rings. The number of halogens is 3. The van der Waals surface area contributed by atoms with Gasteiger partial charge in [0.05, 0.1) is 11.2 Å². The van der Waals surface area contributed by atoms with Crippen LogP contribution in [0.15, 0.2) is 48.9 Å². The van der Waals surface area contributed by atoms with Crippen molar-refractivity contribution in [3.8, 4) is 11.4 Å². The van der Waals surface area contributed by atoms with Gasteiger partial charge >= 0.3 is 0 Å². The summed E-state index contributed by atoms with van der Waals surface area (Å²) >= 11 is 12.0. The lowest BCUT2D eigenvalue weighted by Gasteiger charge is -2.08. The number of anilines is 1. The minimum atomic E-state index is -0.535. The second-order valence-corrected chi connectivity index (χ2v) is 6.50. The molecule has 3 aromatic heterocycles. The van der Waals surface area contributed by atoms with E-state index in [1.165, 1.54) is 0 Å². The summed E-state index contributed by atoms with van der Waals surface area (Å²) in [7, 11) is 0. The Morgan fingerprint density at radius 3 is 2.81 bits per heavy atom. The molecular formula is C18H12Cl2FN5. The predicted octanol–water partition coefficient (Wildman–Crippen LogP) is 5.08. The van der Waals surface area contributed by atoms with Gasteiger partial charge in [-0.3, -0.25) is 0 Å². The molecule has 0 bridgehead atoms. The Morgan fingerprint density at radius 2 is 1.96 bits per heavy atom. The van der Waals surface area contributed by atoms with Crippen molar-refractivity contribution in [2.24, 2.45) is 0 Å². The first-order valence-electron chi connectivity index (χ1n) is 7.74. The quantitative estimate of drug-likeness (QED) is 0.512. The van der Waals surface area contributed by atoms with Crippen LogP contribution in [0.4, 0.5) is 10.2 Å². The number of pyridine rings is 1. The van der Waals surface area contributed by atoms with E-state index in [9.17, 15) is 4.39 Å². The van der Waals surface area contributed by atoms with Crippen LogP contribution in [-0.2, 0) is 6.54 Å². The standard InChI is InChI=1S/C18H12Cl2FN5/c19-11-3-1-2-10(4-11)6-22-18-15(21)9-25-17(26-18)14-8-24-16-13(14)5-12(20)7-23-16/h1-5,7-9H,6H2,(H,23,24)(H,22,25,26). The fourth-order valence-electron chi connectivity index (χ4n) is 2.62. The number of H-pyrrole nitrogens is 1. The van der Waals surface area contributed by atoms with Crippen LogP contribution in [0.5, 0.6) is 0 Å². The molecule has 0 saturated heterocycles. The average molecular weight is 388 g/mol. The lowest BCUT2D eigenvalue weighted by Crippen LogP contribution is -2.05. The van der Waals surface area contributed by atoms with Crippen molar-refractivity contribution in [3.63, 3.8) is 0 Å². The number of nitrogens with zero attached hydrogens (tertiary/aromatic N) is 3. The number of hydrogen-bond donors (Lipinski definition) is 2. The highest BCUT2D eigenvalue weighted by molar-refractivity contribution is 6.31. The Kier molecular flexibility index (Phi) is 4.44. The molecule has 0 unspecified atom stereocenters. The van der Waals surface area contributed by atoms with Crippen LogP contribution in [0.25, 0.3) is 22.4 Å². The van der Waals surface area contributed by atoms with E-state index in [0.717, 1.165) is 17.1 Å². The molecule has 0 aliphatic rings. The van der Waals surface area contributed by atoms with Crippen LogP contribution in [0, 0.1) is 5.82 Å². The molecule has 0 saturated carbocycles. The summed E-state index contributed by atoms with van der Waals surface area (Å²) in [6.45, 7) is 0.384. The van der Waals surface area contributed by atoms with Gasteiger partial charge in [0.25, 0.3) is 0 Å². The first-order valence-corrected chi connectivity index (χ1v) is 8.49. The lowest BCUT2D eigenvalue weighted by atomic mass is 10.2. The first kappa shape index (κ1) is 16.8. The van der Waals surface area contributed by atoms with Gasteiger partial charge in [-0.25, -0.2) is 19.3 Å². The second-order valence-electron chi connectivity index (χ2n) is 5.63. The zero-order valence-corrected chi connectivity index (χ0v) is 14.8. The van der Waals surface area contributed by atoms with Gasteiger partial charge in [0.2, 0.25) is 0 Å². The fourth-order valence-corrected chi connectivity index (χ4v) is 2.99. The van der Waals surface area contributed by atoms with Crippen LogP contribution in [0.1, 0.15) is 5.56 Å². The van der Waals surface area contributed by atoms with Crippen LogP contribution in [-0.4, -0.2) is 19.9 Å². The Balaban J connectivity index is 1.66. The topological polar surface area (TPSA) is 66.5 Å². The van der Waals surface area contributed by atoms with E-state index >= 15 is 0 Å². The van der Waals surface area contributed by atoms with Crippen molar-refractivity contribution in [1.82, 2.24) is 19.9 Å². The molecule has 2 N–H and O–H groups in total.